The van der Waals surface area contributed by atoms with Gasteiger partial charge in [-0.3, -0.25) is 4.98 Å². The van der Waals surface area contributed by atoms with Crippen LogP contribution in [-0.2, 0) is 19.0 Å². The molecule has 6 heterocycles. The zero-order chi connectivity index (χ0) is 28.1. The molecular weight excluding hydrogens is 528 g/mol. The number of anilines is 1. The lowest BCUT2D eigenvalue weighted by Crippen LogP contribution is -2.42. The van der Waals surface area contributed by atoms with Crippen molar-refractivity contribution in [3.8, 4) is 28.6 Å². The highest BCUT2D eigenvalue weighted by molar-refractivity contribution is 5.87. The first-order chi connectivity index (χ1) is 19.2. The van der Waals surface area contributed by atoms with Gasteiger partial charge in [0, 0.05) is 74.3 Å². The first-order valence-electron chi connectivity index (χ1n) is 12.2. The van der Waals surface area contributed by atoms with Gasteiger partial charge in [0.2, 0.25) is 0 Å². The number of aromatic nitrogens is 8. The van der Waals surface area contributed by atoms with E-state index in [9.17, 15) is 18.4 Å². The van der Waals surface area contributed by atoms with Crippen LogP contribution in [0.25, 0.3) is 33.5 Å². The molecule has 0 atom stereocenters. The molecule has 0 bridgehead atoms. The molecule has 6 rings (SSSR count). The quantitative estimate of drug-likeness (QED) is 0.302. The predicted molar refractivity (Wildman–Crippen MR) is 135 cm³/mol. The van der Waals surface area contributed by atoms with Gasteiger partial charge in [-0.15, -0.1) is 28.5 Å². The number of aryl methyl sites for hydroxylation is 1. The van der Waals surface area contributed by atoms with Crippen LogP contribution >= 0.6 is 0 Å². The number of hydrogen-bond donors (Lipinski definition) is 0. The molecule has 14 heteroatoms. The number of nitriles is 1. The lowest BCUT2D eigenvalue weighted by Gasteiger charge is -2.38. The van der Waals surface area contributed by atoms with E-state index in [0.29, 0.717) is 28.2 Å². The lowest BCUT2D eigenvalue weighted by molar-refractivity contribution is -0.211. The number of fused-ring (bicyclic) bond motifs is 1. The fourth-order valence-electron chi connectivity index (χ4n) is 4.98. The lowest BCUT2D eigenvalue weighted by atomic mass is 9.91. The smallest absolute Gasteiger partial charge is 0.368 e. The third-order valence-electron chi connectivity index (χ3n) is 6.95. The van der Waals surface area contributed by atoms with E-state index in [1.54, 1.807) is 42.2 Å². The van der Waals surface area contributed by atoms with E-state index in [4.69, 9.17) is 4.98 Å². The molecule has 0 amide bonds. The van der Waals surface area contributed by atoms with E-state index >= 15 is 4.39 Å². The number of alkyl halides is 4. The van der Waals surface area contributed by atoms with Crippen LogP contribution < -0.4 is 4.90 Å². The second kappa shape index (κ2) is 9.37. The summed E-state index contributed by atoms with van der Waals surface area (Å²) in [6.07, 6.45) is 2.34. The minimum Gasteiger partial charge on any atom is -0.368 e. The maximum absolute atomic E-state index is 15.9. The fraction of sp³-hybridized carbons (Fsp3) is 0.269. The van der Waals surface area contributed by atoms with Gasteiger partial charge in [0.15, 0.2) is 17.1 Å². The van der Waals surface area contributed by atoms with Crippen LogP contribution in [0.15, 0.2) is 55.4 Å². The van der Waals surface area contributed by atoms with Gasteiger partial charge in [0.1, 0.15) is 12.4 Å². The molecule has 0 radical (unpaired) electrons. The van der Waals surface area contributed by atoms with Gasteiger partial charge in [-0.05, 0) is 24.3 Å². The molecule has 5 aromatic rings. The van der Waals surface area contributed by atoms with E-state index < -0.39 is 12.0 Å². The van der Waals surface area contributed by atoms with Crippen molar-refractivity contribution in [2.45, 2.75) is 24.8 Å². The number of piperidine rings is 1. The first-order valence-corrected chi connectivity index (χ1v) is 12.2. The fourth-order valence-corrected chi connectivity index (χ4v) is 4.98. The van der Waals surface area contributed by atoms with Gasteiger partial charge in [0.25, 0.3) is 0 Å². The third-order valence-corrected chi connectivity index (χ3v) is 6.95. The van der Waals surface area contributed by atoms with Crippen molar-refractivity contribution in [3.63, 3.8) is 0 Å². The van der Waals surface area contributed by atoms with Crippen molar-refractivity contribution in [3.05, 3.63) is 66.8 Å². The highest BCUT2D eigenvalue weighted by Gasteiger charge is 2.41. The average Bonchev–Trinajstić information content (AvgIpc) is 3.60. The number of nitrogens with zero attached hydrogens (tertiary/aromatic N) is 10. The van der Waals surface area contributed by atoms with Crippen molar-refractivity contribution >= 4 is 16.7 Å². The molecule has 0 unspecified atom stereocenters. The third kappa shape index (κ3) is 4.39. The van der Waals surface area contributed by atoms with Gasteiger partial charge < -0.3 is 9.47 Å². The van der Waals surface area contributed by atoms with Crippen LogP contribution in [0.5, 0.6) is 0 Å². The summed E-state index contributed by atoms with van der Waals surface area (Å²) in [5.74, 6) is 0.231. The summed E-state index contributed by atoms with van der Waals surface area (Å²) in [6.45, 7) is 0.473. The van der Waals surface area contributed by atoms with Gasteiger partial charge in [-0.1, -0.05) is 0 Å². The highest BCUT2D eigenvalue weighted by Crippen LogP contribution is 2.41. The van der Waals surface area contributed by atoms with E-state index in [1.165, 1.54) is 18.6 Å². The summed E-state index contributed by atoms with van der Waals surface area (Å²) >= 11 is 0. The topological polar surface area (TPSA) is 114 Å². The Morgan fingerprint density at radius 3 is 2.55 bits per heavy atom. The Labute approximate surface area is 224 Å². The molecule has 0 saturated carbocycles. The molecule has 1 saturated heterocycles. The Bertz CT molecular complexity index is 1750. The van der Waals surface area contributed by atoms with Crippen LogP contribution in [0.2, 0.25) is 0 Å². The Morgan fingerprint density at radius 2 is 1.90 bits per heavy atom. The molecule has 202 valence electrons. The molecule has 10 nitrogen and oxygen atoms in total. The molecule has 1 aliphatic rings. The van der Waals surface area contributed by atoms with Crippen LogP contribution in [-0.4, -0.2) is 52.6 Å². The van der Waals surface area contributed by atoms with E-state index in [1.807, 2.05) is 4.90 Å². The summed E-state index contributed by atoms with van der Waals surface area (Å²) < 4.78 is 57.1. The minimum absolute atomic E-state index is 0.0871. The standard InChI is InChI=1S/C26H20F4N10/c1-38-15-34-36-24(38)25(27)4-7-39(8-5-25)22-17(11-31)10-20(16-3-2-6-32-12-16)35-21(22)18-9-19-14-40(26(28,29)30)37-23(19)33-13-18/h2-3,6,9-10,12-15H,4-5,7-8H2,1H3. The Kier molecular flexibility index (Phi) is 5.94. The van der Waals surface area contributed by atoms with Gasteiger partial charge in [-0.2, -0.15) is 9.94 Å². The molecule has 5 aromatic heterocycles. The van der Waals surface area contributed by atoms with Crippen molar-refractivity contribution in [2.75, 3.05) is 18.0 Å². The van der Waals surface area contributed by atoms with E-state index in [2.05, 4.69) is 31.3 Å². The van der Waals surface area contributed by atoms with E-state index in [0.717, 1.165) is 6.20 Å². The molecular formula is C26H20F4N10. The van der Waals surface area contributed by atoms with Gasteiger partial charge in [-0.25, -0.2) is 14.4 Å². The summed E-state index contributed by atoms with van der Waals surface area (Å²) in [5.41, 5.74) is 0.744. The highest BCUT2D eigenvalue weighted by atomic mass is 19.4. The predicted octanol–water partition coefficient (Wildman–Crippen LogP) is 4.50. The van der Waals surface area contributed by atoms with Crippen LogP contribution in [0.3, 0.4) is 0 Å². The molecule has 40 heavy (non-hydrogen) atoms. The van der Waals surface area contributed by atoms with Crippen LogP contribution in [0, 0.1) is 11.3 Å². The maximum atomic E-state index is 15.9. The molecule has 0 spiro atoms. The summed E-state index contributed by atoms with van der Waals surface area (Å²) in [6, 6.07) is 8.87. The normalized spacial score (nSPS) is 15.3. The minimum atomic E-state index is -4.70. The molecule has 0 aliphatic carbocycles. The van der Waals surface area contributed by atoms with Crippen molar-refractivity contribution in [1.29, 1.82) is 5.26 Å². The molecule has 1 fully saturated rings. The maximum Gasteiger partial charge on any atom is 0.504 e. The van der Waals surface area contributed by atoms with Gasteiger partial charge >= 0.3 is 6.30 Å². The van der Waals surface area contributed by atoms with Crippen molar-refractivity contribution in [2.24, 2.45) is 7.05 Å². The molecule has 0 aromatic carbocycles. The summed E-state index contributed by atoms with van der Waals surface area (Å²) in [4.78, 5) is 14.9. The number of hydrogen-bond acceptors (Lipinski definition) is 8. The van der Waals surface area contributed by atoms with Crippen molar-refractivity contribution < 1.29 is 17.6 Å². The first kappa shape index (κ1) is 25.4. The summed E-state index contributed by atoms with van der Waals surface area (Å²) in [7, 11) is 1.68. The zero-order valence-corrected chi connectivity index (χ0v) is 21.0. The second-order valence-electron chi connectivity index (χ2n) is 9.50. The Morgan fingerprint density at radius 1 is 1.10 bits per heavy atom. The van der Waals surface area contributed by atoms with Crippen molar-refractivity contribution in [1.82, 2.24) is 39.5 Å². The Balaban J connectivity index is 1.47. The van der Waals surface area contributed by atoms with Gasteiger partial charge in [0.05, 0.1) is 22.6 Å². The Hall–Kier alpha value is -4.93. The SMILES string of the molecule is Cn1cnnc1C1(F)CCN(c2c(C#N)cc(-c3cccnc3)nc2-c2cnc3nn(C(F)(F)F)cc3c2)CC1. The number of halogens is 4. The average molecular weight is 549 g/mol. The zero-order valence-electron chi connectivity index (χ0n) is 21.0. The second-order valence-corrected chi connectivity index (χ2v) is 9.50. The molecule has 0 N–H and O–H groups in total. The largest absolute Gasteiger partial charge is 0.504 e. The summed E-state index contributed by atoms with van der Waals surface area (Å²) in [5, 5.41) is 21.6. The number of pyridine rings is 3. The number of rotatable bonds is 4. The molecule has 1 aliphatic heterocycles. The van der Waals surface area contributed by atoms with E-state index in [-0.39, 0.29) is 53.0 Å². The van der Waals surface area contributed by atoms with Crippen LogP contribution in [0.1, 0.15) is 24.2 Å². The monoisotopic (exact) mass is 548 g/mol. The van der Waals surface area contributed by atoms with Crippen LogP contribution in [0.4, 0.5) is 23.2 Å².